The second-order valence-electron chi connectivity index (χ2n) is 5.70. The third kappa shape index (κ3) is 3.41. The summed E-state index contributed by atoms with van der Waals surface area (Å²) in [5.74, 6) is 1.65. The molecule has 7 heteroatoms. The molecule has 0 fully saturated rings. The van der Waals surface area contributed by atoms with Gasteiger partial charge in [0.25, 0.3) is 0 Å². The fourth-order valence-electron chi connectivity index (χ4n) is 2.66. The molecule has 136 valence electrons. The van der Waals surface area contributed by atoms with Gasteiger partial charge in [-0.25, -0.2) is 0 Å². The number of nitrogens with zero attached hydrogens (tertiary/aromatic N) is 1. The lowest BCUT2D eigenvalue weighted by atomic mass is 10.1. The lowest BCUT2D eigenvalue weighted by molar-refractivity contribution is 0.293. The van der Waals surface area contributed by atoms with Crippen LogP contribution in [0.2, 0.25) is 5.02 Å². The van der Waals surface area contributed by atoms with E-state index in [2.05, 4.69) is 10.2 Å². The number of H-pyrrole nitrogens is 1. The summed E-state index contributed by atoms with van der Waals surface area (Å²) in [7, 11) is 3.14. The Morgan fingerprint density at radius 3 is 2.54 bits per heavy atom. The molecular formula is C19H20ClN3O3. The van der Waals surface area contributed by atoms with Gasteiger partial charge >= 0.3 is 0 Å². The average Bonchev–Trinajstić information content (AvgIpc) is 3.11. The van der Waals surface area contributed by atoms with Gasteiger partial charge < -0.3 is 19.9 Å². The predicted molar refractivity (Wildman–Crippen MR) is 102 cm³/mol. The molecule has 1 heterocycles. The van der Waals surface area contributed by atoms with Gasteiger partial charge in [-0.15, -0.1) is 0 Å². The maximum absolute atomic E-state index is 6.38. The van der Waals surface area contributed by atoms with Gasteiger partial charge in [-0.1, -0.05) is 29.8 Å². The normalized spacial score (nSPS) is 10.6. The maximum atomic E-state index is 6.38. The van der Waals surface area contributed by atoms with E-state index in [9.17, 15) is 0 Å². The molecule has 0 aliphatic rings. The number of hydrogen-bond donors (Lipinski definition) is 2. The zero-order valence-electron chi connectivity index (χ0n) is 14.8. The topological polar surface area (TPSA) is 82.4 Å². The highest BCUT2D eigenvalue weighted by Gasteiger charge is 2.17. The molecule has 26 heavy (non-hydrogen) atoms. The second kappa shape index (κ2) is 7.58. The highest BCUT2D eigenvalue weighted by atomic mass is 35.5. The second-order valence-corrected chi connectivity index (χ2v) is 6.08. The fraction of sp³-hybridized carbons (Fsp3) is 0.211. The standard InChI is InChI=1S/C19H20ClN3O3/c1-11-16(24-2)9-17(25-3)18(20)19(11)26-10-12-8-15(23-22-12)13-6-4-5-7-14(13)21/h4-9H,10,21H2,1-3H3,(H,22,23). The first-order valence-corrected chi connectivity index (χ1v) is 8.36. The van der Waals surface area contributed by atoms with Crippen molar-refractivity contribution in [2.24, 2.45) is 0 Å². The third-order valence-corrected chi connectivity index (χ3v) is 4.43. The van der Waals surface area contributed by atoms with Crippen molar-refractivity contribution < 1.29 is 14.2 Å². The van der Waals surface area contributed by atoms with Gasteiger partial charge in [-0.2, -0.15) is 5.10 Å². The molecule has 3 N–H and O–H groups in total. The SMILES string of the molecule is COc1cc(OC)c(Cl)c(OCc2cc(-c3ccccc3N)n[nH]2)c1C. The van der Waals surface area contributed by atoms with Crippen LogP contribution in [-0.2, 0) is 6.61 Å². The molecule has 0 radical (unpaired) electrons. The first-order valence-electron chi connectivity index (χ1n) is 7.98. The summed E-state index contributed by atoms with van der Waals surface area (Å²) in [5.41, 5.74) is 9.88. The number of methoxy groups -OCH3 is 2. The number of ether oxygens (including phenoxy) is 3. The molecule has 2 aromatic carbocycles. The van der Waals surface area contributed by atoms with Gasteiger partial charge in [-0.05, 0) is 19.1 Å². The molecule has 1 aromatic heterocycles. The van der Waals surface area contributed by atoms with E-state index < -0.39 is 0 Å². The van der Waals surface area contributed by atoms with Gasteiger partial charge in [0.05, 0.1) is 25.6 Å². The monoisotopic (exact) mass is 373 g/mol. The van der Waals surface area contributed by atoms with Gasteiger partial charge in [0.15, 0.2) is 0 Å². The van der Waals surface area contributed by atoms with Crippen molar-refractivity contribution in [2.45, 2.75) is 13.5 Å². The van der Waals surface area contributed by atoms with Crippen LogP contribution in [0.5, 0.6) is 17.2 Å². The zero-order chi connectivity index (χ0) is 18.7. The van der Waals surface area contributed by atoms with Crippen LogP contribution in [0.25, 0.3) is 11.3 Å². The molecule has 0 saturated carbocycles. The van der Waals surface area contributed by atoms with Crippen molar-refractivity contribution in [1.82, 2.24) is 10.2 Å². The van der Waals surface area contributed by atoms with E-state index in [0.29, 0.717) is 28.0 Å². The minimum absolute atomic E-state index is 0.261. The van der Waals surface area contributed by atoms with E-state index in [0.717, 1.165) is 22.5 Å². The van der Waals surface area contributed by atoms with Crippen LogP contribution < -0.4 is 19.9 Å². The molecule has 0 aliphatic carbocycles. The number of aromatic nitrogens is 2. The highest BCUT2D eigenvalue weighted by molar-refractivity contribution is 6.33. The Kier molecular flexibility index (Phi) is 5.23. The van der Waals surface area contributed by atoms with Crippen molar-refractivity contribution in [3.63, 3.8) is 0 Å². The maximum Gasteiger partial charge on any atom is 0.148 e. The van der Waals surface area contributed by atoms with Crippen LogP contribution in [0.4, 0.5) is 5.69 Å². The zero-order valence-corrected chi connectivity index (χ0v) is 15.6. The van der Waals surface area contributed by atoms with E-state index in [1.54, 1.807) is 20.3 Å². The van der Waals surface area contributed by atoms with E-state index in [4.69, 9.17) is 31.5 Å². The van der Waals surface area contributed by atoms with Crippen LogP contribution in [0, 0.1) is 6.92 Å². The Balaban J connectivity index is 1.83. The quantitative estimate of drug-likeness (QED) is 0.632. The van der Waals surface area contributed by atoms with Crippen LogP contribution >= 0.6 is 11.6 Å². The molecule has 0 bridgehead atoms. The van der Waals surface area contributed by atoms with Gasteiger partial charge in [0, 0.05) is 22.9 Å². The number of nitrogens with two attached hydrogens (primary N) is 1. The van der Waals surface area contributed by atoms with Crippen molar-refractivity contribution >= 4 is 17.3 Å². The molecule has 0 amide bonds. The van der Waals surface area contributed by atoms with Crippen LogP contribution in [0.1, 0.15) is 11.3 Å². The Hall–Kier alpha value is -2.86. The van der Waals surface area contributed by atoms with E-state index in [1.165, 1.54) is 0 Å². The Morgan fingerprint density at radius 2 is 1.85 bits per heavy atom. The number of nitrogens with one attached hydrogen (secondary N) is 1. The van der Waals surface area contributed by atoms with Gasteiger partial charge in [-0.3, -0.25) is 5.10 Å². The molecule has 3 aromatic rings. The fourth-order valence-corrected chi connectivity index (χ4v) is 2.99. The summed E-state index contributed by atoms with van der Waals surface area (Å²) in [6, 6.07) is 11.2. The number of rotatable bonds is 6. The third-order valence-electron chi connectivity index (χ3n) is 4.07. The Bertz CT molecular complexity index is 896. The number of para-hydroxylation sites is 1. The molecule has 6 nitrogen and oxygen atoms in total. The minimum atomic E-state index is 0.261. The van der Waals surface area contributed by atoms with Crippen molar-refractivity contribution in [3.05, 3.63) is 52.7 Å². The van der Waals surface area contributed by atoms with Gasteiger partial charge in [0.2, 0.25) is 0 Å². The van der Waals surface area contributed by atoms with Crippen LogP contribution in [0.3, 0.4) is 0 Å². The molecule has 3 rings (SSSR count). The first kappa shape index (κ1) is 17.9. The van der Waals surface area contributed by atoms with Crippen molar-refractivity contribution in [1.29, 1.82) is 0 Å². The summed E-state index contributed by atoms with van der Waals surface area (Å²) in [5, 5.41) is 7.67. The number of halogens is 1. The molecular weight excluding hydrogens is 354 g/mol. The average molecular weight is 374 g/mol. The molecule has 0 saturated heterocycles. The number of nitrogen functional groups attached to an aromatic ring is 1. The van der Waals surface area contributed by atoms with E-state index >= 15 is 0 Å². The number of aromatic amines is 1. The van der Waals surface area contributed by atoms with Gasteiger partial charge in [0.1, 0.15) is 28.9 Å². The molecule has 0 unspecified atom stereocenters. The minimum Gasteiger partial charge on any atom is -0.496 e. The summed E-state index contributed by atoms with van der Waals surface area (Å²) < 4.78 is 16.6. The smallest absolute Gasteiger partial charge is 0.148 e. The van der Waals surface area contributed by atoms with Crippen molar-refractivity contribution in [3.8, 4) is 28.5 Å². The molecule has 0 spiro atoms. The number of hydrogen-bond acceptors (Lipinski definition) is 5. The lowest BCUT2D eigenvalue weighted by Crippen LogP contribution is -2.01. The number of benzene rings is 2. The first-order chi connectivity index (χ1) is 12.5. The van der Waals surface area contributed by atoms with E-state index in [1.807, 2.05) is 37.3 Å². The summed E-state index contributed by atoms with van der Waals surface area (Å²) in [6.07, 6.45) is 0. The largest absolute Gasteiger partial charge is 0.496 e. The van der Waals surface area contributed by atoms with Crippen LogP contribution in [-0.4, -0.2) is 24.4 Å². The predicted octanol–water partition coefficient (Wildman–Crippen LogP) is 4.22. The van der Waals surface area contributed by atoms with Crippen LogP contribution in [0.15, 0.2) is 36.4 Å². The molecule has 0 aliphatic heterocycles. The Labute approximate surface area is 156 Å². The number of anilines is 1. The molecule has 0 atom stereocenters. The Morgan fingerprint density at radius 1 is 1.12 bits per heavy atom. The van der Waals surface area contributed by atoms with Crippen molar-refractivity contribution in [2.75, 3.05) is 20.0 Å². The summed E-state index contributed by atoms with van der Waals surface area (Å²) in [6.45, 7) is 2.14. The summed E-state index contributed by atoms with van der Waals surface area (Å²) in [4.78, 5) is 0. The van der Waals surface area contributed by atoms with E-state index in [-0.39, 0.29) is 6.61 Å². The summed E-state index contributed by atoms with van der Waals surface area (Å²) >= 11 is 6.38. The highest BCUT2D eigenvalue weighted by Crippen LogP contribution is 2.42. The lowest BCUT2D eigenvalue weighted by Gasteiger charge is -2.16.